The fourth-order valence-corrected chi connectivity index (χ4v) is 4.32. The smallest absolute Gasteiger partial charge is 0.243 e. The van der Waals surface area contributed by atoms with Gasteiger partial charge < -0.3 is 10.2 Å². The number of nitrogens with zero attached hydrogens (tertiary/aromatic N) is 3. The Balaban J connectivity index is 1.99. The van der Waals surface area contributed by atoms with Crippen molar-refractivity contribution < 1.29 is 8.42 Å². The zero-order valence-corrected chi connectivity index (χ0v) is 17.4. The van der Waals surface area contributed by atoms with Gasteiger partial charge in [-0.05, 0) is 50.3 Å². The van der Waals surface area contributed by atoms with Crippen LogP contribution >= 0.6 is 0 Å². The van der Waals surface area contributed by atoms with Gasteiger partial charge in [0.05, 0.1) is 4.90 Å². The lowest BCUT2D eigenvalue weighted by molar-refractivity contribution is 0.273. The van der Waals surface area contributed by atoms with Crippen molar-refractivity contribution in [2.45, 2.75) is 51.1 Å². The summed E-state index contributed by atoms with van der Waals surface area (Å²) in [7, 11) is -0.0189. The molecular formula is C19H32N4O2S. The molecule has 1 fully saturated rings. The summed E-state index contributed by atoms with van der Waals surface area (Å²) in [6.07, 6.45) is 2.38. The molecule has 1 aliphatic rings. The number of hydrogen-bond donors (Lipinski definition) is 1. The molecule has 0 saturated carbocycles. The lowest BCUT2D eigenvalue weighted by Crippen LogP contribution is -2.45. The Labute approximate surface area is 158 Å². The van der Waals surface area contributed by atoms with E-state index in [2.05, 4.69) is 22.1 Å². The fraction of sp³-hybridized carbons (Fsp3) is 0.632. The van der Waals surface area contributed by atoms with Gasteiger partial charge in [0.25, 0.3) is 0 Å². The summed E-state index contributed by atoms with van der Waals surface area (Å²) in [5.41, 5.74) is 1.03. The highest BCUT2D eigenvalue weighted by Gasteiger charge is 2.23. The monoisotopic (exact) mass is 380 g/mol. The minimum absolute atomic E-state index is 0.0723. The quantitative estimate of drug-likeness (QED) is 0.630. The van der Waals surface area contributed by atoms with E-state index in [1.165, 1.54) is 17.1 Å². The van der Waals surface area contributed by atoms with Crippen LogP contribution in [0.2, 0.25) is 0 Å². The van der Waals surface area contributed by atoms with E-state index in [4.69, 9.17) is 0 Å². The summed E-state index contributed by atoms with van der Waals surface area (Å²) in [5, 5.41) is 3.39. The Morgan fingerprint density at radius 1 is 1.27 bits per heavy atom. The summed E-state index contributed by atoms with van der Waals surface area (Å²) >= 11 is 0. The van der Waals surface area contributed by atoms with E-state index in [9.17, 15) is 8.42 Å². The zero-order chi connectivity index (χ0) is 19.3. The van der Waals surface area contributed by atoms with Crippen molar-refractivity contribution in [2.24, 2.45) is 10.9 Å². The van der Waals surface area contributed by atoms with Crippen LogP contribution in [-0.4, -0.2) is 56.8 Å². The maximum Gasteiger partial charge on any atom is 0.243 e. The number of aliphatic imine (C=N–C) groups is 1. The molecule has 1 aromatic rings. The van der Waals surface area contributed by atoms with Crippen molar-refractivity contribution in [2.75, 3.05) is 27.2 Å². The molecule has 0 bridgehead atoms. The first-order valence-corrected chi connectivity index (χ1v) is 10.7. The third-order valence-electron chi connectivity index (χ3n) is 5.07. The maximum absolute atomic E-state index is 12.5. The average molecular weight is 381 g/mol. The van der Waals surface area contributed by atoms with Crippen molar-refractivity contribution in [3.63, 3.8) is 0 Å². The lowest BCUT2D eigenvalue weighted by atomic mass is 10.00. The molecule has 1 heterocycles. The van der Waals surface area contributed by atoms with Crippen LogP contribution in [0, 0.1) is 5.92 Å². The summed E-state index contributed by atoms with van der Waals surface area (Å²) in [6.45, 7) is 8.70. The molecule has 2 rings (SSSR count). The maximum atomic E-state index is 12.5. The molecule has 6 nitrogen and oxygen atoms in total. The van der Waals surface area contributed by atoms with Crippen molar-refractivity contribution in [1.29, 1.82) is 0 Å². The van der Waals surface area contributed by atoms with Gasteiger partial charge in [-0.2, -0.15) is 4.31 Å². The molecule has 0 unspecified atom stereocenters. The number of nitrogens with one attached hydrogen (secondary N) is 1. The normalized spacial score (nSPS) is 17.2. The molecular weight excluding hydrogens is 348 g/mol. The van der Waals surface area contributed by atoms with Crippen LogP contribution in [-0.2, 0) is 16.6 Å². The summed E-state index contributed by atoms with van der Waals surface area (Å²) in [6, 6.07) is 7.00. The molecule has 0 aromatic heterocycles. The van der Waals surface area contributed by atoms with Gasteiger partial charge >= 0.3 is 0 Å². The van der Waals surface area contributed by atoms with Crippen molar-refractivity contribution in [1.82, 2.24) is 14.5 Å². The van der Waals surface area contributed by atoms with E-state index < -0.39 is 10.0 Å². The number of sulfonamides is 1. The lowest BCUT2D eigenvalue weighted by Gasteiger charge is -2.32. The second-order valence-corrected chi connectivity index (χ2v) is 9.33. The van der Waals surface area contributed by atoms with Crippen molar-refractivity contribution in [3.05, 3.63) is 29.8 Å². The molecule has 0 spiro atoms. The van der Waals surface area contributed by atoms with Gasteiger partial charge in [-0.15, -0.1) is 0 Å². The largest absolute Gasteiger partial charge is 0.352 e. The second-order valence-electron chi connectivity index (χ2n) is 7.33. The third-order valence-corrected chi connectivity index (χ3v) is 7.12. The minimum atomic E-state index is -3.43. The standard InChI is InChI=1S/C19H32N4O2S/c1-15(2)22(5)26(24,25)18-8-6-17(7-9-18)14-21-19(20-4)23-12-10-16(3)11-13-23/h6-9,15-16H,10-14H2,1-5H3,(H,20,21). The van der Waals surface area contributed by atoms with Gasteiger partial charge in [-0.25, -0.2) is 8.42 Å². The van der Waals surface area contributed by atoms with Crippen LogP contribution in [0.15, 0.2) is 34.2 Å². The number of benzene rings is 1. The SMILES string of the molecule is CN=C(NCc1ccc(S(=O)(=O)N(C)C(C)C)cc1)N1CCC(C)CC1. The van der Waals surface area contributed by atoms with Gasteiger partial charge in [0.15, 0.2) is 5.96 Å². The summed E-state index contributed by atoms with van der Waals surface area (Å²) in [4.78, 5) is 6.99. The molecule has 0 aliphatic carbocycles. The predicted octanol–water partition coefficient (Wildman–Crippen LogP) is 2.52. The van der Waals surface area contributed by atoms with Crippen LogP contribution in [0.4, 0.5) is 0 Å². The topological polar surface area (TPSA) is 65.0 Å². The molecule has 1 aliphatic heterocycles. The van der Waals surface area contributed by atoms with Gasteiger partial charge in [0.2, 0.25) is 10.0 Å². The third kappa shape index (κ3) is 4.98. The van der Waals surface area contributed by atoms with E-state index in [0.29, 0.717) is 11.4 Å². The molecule has 26 heavy (non-hydrogen) atoms. The van der Waals surface area contributed by atoms with Gasteiger partial charge in [0, 0.05) is 39.8 Å². The molecule has 7 heteroatoms. The Morgan fingerprint density at radius 2 is 1.85 bits per heavy atom. The van der Waals surface area contributed by atoms with Crippen LogP contribution in [0.5, 0.6) is 0 Å². The highest BCUT2D eigenvalue weighted by atomic mass is 32.2. The molecule has 1 aromatic carbocycles. The van der Waals surface area contributed by atoms with E-state index in [1.807, 2.05) is 26.0 Å². The van der Waals surface area contributed by atoms with Gasteiger partial charge in [0.1, 0.15) is 0 Å². The van der Waals surface area contributed by atoms with Crippen LogP contribution in [0.25, 0.3) is 0 Å². The average Bonchev–Trinajstić information content (AvgIpc) is 2.63. The number of piperidine rings is 1. The zero-order valence-electron chi connectivity index (χ0n) is 16.6. The van der Waals surface area contributed by atoms with Crippen LogP contribution < -0.4 is 5.32 Å². The molecule has 0 amide bonds. The Bertz CT molecular complexity index is 706. The highest BCUT2D eigenvalue weighted by molar-refractivity contribution is 7.89. The number of guanidine groups is 1. The number of likely N-dealkylation sites (tertiary alicyclic amines) is 1. The molecule has 0 atom stereocenters. The predicted molar refractivity (Wildman–Crippen MR) is 107 cm³/mol. The van der Waals surface area contributed by atoms with E-state index >= 15 is 0 Å². The summed E-state index contributed by atoms with van der Waals surface area (Å²) < 4.78 is 26.4. The van der Waals surface area contributed by atoms with E-state index in [1.54, 1.807) is 26.2 Å². The van der Waals surface area contributed by atoms with Gasteiger partial charge in [-0.1, -0.05) is 19.1 Å². The van der Waals surface area contributed by atoms with Crippen LogP contribution in [0.3, 0.4) is 0 Å². The van der Waals surface area contributed by atoms with Gasteiger partial charge in [-0.3, -0.25) is 4.99 Å². The first-order valence-electron chi connectivity index (χ1n) is 9.28. The number of rotatable bonds is 5. The summed E-state index contributed by atoms with van der Waals surface area (Å²) in [5.74, 6) is 1.69. The van der Waals surface area contributed by atoms with Crippen molar-refractivity contribution in [3.8, 4) is 0 Å². The fourth-order valence-electron chi connectivity index (χ4n) is 2.96. The highest BCUT2D eigenvalue weighted by Crippen LogP contribution is 2.18. The molecule has 1 N–H and O–H groups in total. The molecule has 1 saturated heterocycles. The Hall–Kier alpha value is -1.60. The van der Waals surface area contributed by atoms with E-state index in [0.717, 1.165) is 30.5 Å². The molecule has 0 radical (unpaired) electrons. The molecule has 146 valence electrons. The van der Waals surface area contributed by atoms with E-state index in [-0.39, 0.29) is 6.04 Å². The number of hydrogen-bond acceptors (Lipinski definition) is 3. The Kier molecular flexibility index (Phi) is 7.06. The second kappa shape index (κ2) is 8.86. The minimum Gasteiger partial charge on any atom is -0.352 e. The van der Waals surface area contributed by atoms with Crippen LogP contribution in [0.1, 0.15) is 39.2 Å². The van der Waals surface area contributed by atoms with Crippen molar-refractivity contribution >= 4 is 16.0 Å². The first-order chi connectivity index (χ1) is 12.3. The Morgan fingerprint density at radius 3 is 2.35 bits per heavy atom. The first kappa shape index (κ1) is 20.7.